The minimum Gasteiger partial charge on any atom is -0.354 e. The van der Waals surface area contributed by atoms with Crippen molar-refractivity contribution < 1.29 is 9.18 Å². The molecule has 2 unspecified atom stereocenters. The van der Waals surface area contributed by atoms with Crippen LogP contribution in [0.4, 0.5) is 4.39 Å². The number of piperidine rings is 1. The van der Waals surface area contributed by atoms with Crippen LogP contribution in [-0.2, 0) is 4.79 Å². The smallest absolute Gasteiger partial charge is 0.220 e. The van der Waals surface area contributed by atoms with E-state index in [9.17, 15) is 9.18 Å². The number of amides is 1. The molecule has 1 aliphatic rings. The van der Waals surface area contributed by atoms with E-state index in [1.807, 2.05) is 6.92 Å². The van der Waals surface area contributed by atoms with Gasteiger partial charge in [0.15, 0.2) is 0 Å². The minimum absolute atomic E-state index is 0.0679. The highest BCUT2D eigenvalue weighted by molar-refractivity contribution is 6.20. The summed E-state index contributed by atoms with van der Waals surface area (Å²) in [6.07, 6.45) is 1.23. The van der Waals surface area contributed by atoms with E-state index < -0.39 is 0 Å². The van der Waals surface area contributed by atoms with E-state index in [0.717, 1.165) is 17.8 Å². The van der Waals surface area contributed by atoms with E-state index in [4.69, 9.17) is 11.6 Å². The molecule has 6 heteroatoms. The minimum atomic E-state index is -0.279. The summed E-state index contributed by atoms with van der Waals surface area (Å²) in [5.74, 6) is 0.522. The highest BCUT2D eigenvalue weighted by Gasteiger charge is 2.26. The Morgan fingerprint density at radius 3 is 2.90 bits per heavy atom. The Kier molecular flexibility index (Phi) is 3.61. The van der Waals surface area contributed by atoms with E-state index in [1.165, 1.54) is 6.07 Å². The molecule has 1 amide bonds. The first-order valence-corrected chi connectivity index (χ1v) is 7.49. The fourth-order valence-electron chi connectivity index (χ4n) is 2.84. The summed E-state index contributed by atoms with van der Waals surface area (Å²) in [7, 11) is 0. The number of nitrogens with one attached hydrogen (secondary N) is 1. The largest absolute Gasteiger partial charge is 0.354 e. The molecule has 0 aliphatic carbocycles. The first-order valence-electron chi connectivity index (χ1n) is 7.06. The normalized spacial score (nSPS) is 20.6. The van der Waals surface area contributed by atoms with Crippen molar-refractivity contribution in [3.63, 3.8) is 0 Å². The third kappa shape index (κ3) is 2.50. The SMILES string of the molecule is Cc1cc2c(cc1F)nc(C(C)Cl)n2C1CCC(=O)NC1. The van der Waals surface area contributed by atoms with Crippen LogP contribution in [0.5, 0.6) is 0 Å². The van der Waals surface area contributed by atoms with Crippen LogP contribution in [0.3, 0.4) is 0 Å². The lowest BCUT2D eigenvalue weighted by Crippen LogP contribution is -2.36. The van der Waals surface area contributed by atoms with Gasteiger partial charge < -0.3 is 9.88 Å². The first kappa shape index (κ1) is 14.3. The van der Waals surface area contributed by atoms with Crippen molar-refractivity contribution in [3.8, 4) is 0 Å². The predicted molar refractivity (Wildman–Crippen MR) is 80.0 cm³/mol. The highest BCUT2D eigenvalue weighted by Crippen LogP contribution is 2.31. The van der Waals surface area contributed by atoms with Crippen molar-refractivity contribution >= 4 is 28.5 Å². The molecular formula is C15H17ClFN3O. The first-order chi connectivity index (χ1) is 9.97. The van der Waals surface area contributed by atoms with Crippen LogP contribution in [-0.4, -0.2) is 22.0 Å². The fourth-order valence-corrected chi connectivity index (χ4v) is 3.00. The van der Waals surface area contributed by atoms with Crippen LogP contribution in [0, 0.1) is 12.7 Å². The van der Waals surface area contributed by atoms with Crippen LogP contribution in [0.15, 0.2) is 12.1 Å². The molecule has 4 nitrogen and oxygen atoms in total. The lowest BCUT2D eigenvalue weighted by molar-refractivity contribution is -0.122. The van der Waals surface area contributed by atoms with Crippen LogP contribution >= 0.6 is 11.6 Å². The third-order valence-electron chi connectivity index (χ3n) is 3.96. The predicted octanol–water partition coefficient (Wildman–Crippen LogP) is 3.23. The van der Waals surface area contributed by atoms with Gasteiger partial charge in [-0.1, -0.05) is 0 Å². The summed E-state index contributed by atoms with van der Waals surface area (Å²) < 4.78 is 15.8. The molecule has 2 heterocycles. The molecular weight excluding hydrogens is 293 g/mol. The number of benzene rings is 1. The van der Waals surface area contributed by atoms with Crippen LogP contribution in [0.25, 0.3) is 11.0 Å². The van der Waals surface area contributed by atoms with Gasteiger partial charge in [-0.15, -0.1) is 11.6 Å². The Morgan fingerprint density at radius 2 is 2.29 bits per heavy atom. The zero-order valence-corrected chi connectivity index (χ0v) is 12.7. The summed E-state index contributed by atoms with van der Waals surface area (Å²) in [6, 6.07) is 3.36. The third-order valence-corrected chi connectivity index (χ3v) is 4.15. The van der Waals surface area contributed by atoms with Gasteiger partial charge in [0.1, 0.15) is 11.6 Å². The monoisotopic (exact) mass is 309 g/mol. The van der Waals surface area contributed by atoms with Gasteiger partial charge in [0, 0.05) is 19.0 Å². The second-order valence-electron chi connectivity index (χ2n) is 5.54. The number of halogens is 2. The van der Waals surface area contributed by atoms with E-state index in [0.29, 0.717) is 24.0 Å². The average Bonchev–Trinajstić information content (AvgIpc) is 2.79. The number of aromatic nitrogens is 2. The lowest BCUT2D eigenvalue weighted by atomic mass is 10.1. The number of hydrogen-bond donors (Lipinski definition) is 1. The second-order valence-corrected chi connectivity index (χ2v) is 6.20. The molecule has 1 aliphatic heterocycles. The molecule has 1 N–H and O–H groups in total. The van der Waals surface area contributed by atoms with Gasteiger partial charge in [0.2, 0.25) is 5.91 Å². The molecule has 112 valence electrons. The van der Waals surface area contributed by atoms with E-state index in [1.54, 1.807) is 13.0 Å². The molecule has 1 saturated heterocycles. The molecule has 0 bridgehead atoms. The zero-order valence-electron chi connectivity index (χ0n) is 12.0. The van der Waals surface area contributed by atoms with E-state index >= 15 is 0 Å². The van der Waals surface area contributed by atoms with Gasteiger partial charge in [0.25, 0.3) is 0 Å². The number of hydrogen-bond acceptors (Lipinski definition) is 2. The second kappa shape index (κ2) is 5.30. The maximum atomic E-state index is 13.7. The van der Waals surface area contributed by atoms with Gasteiger partial charge >= 0.3 is 0 Å². The van der Waals surface area contributed by atoms with E-state index in [2.05, 4.69) is 14.9 Å². The number of alkyl halides is 1. The number of rotatable bonds is 2. The van der Waals surface area contributed by atoms with Gasteiger partial charge in [-0.2, -0.15) is 0 Å². The van der Waals surface area contributed by atoms with Gasteiger partial charge in [-0.3, -0.25) is 4.79 Å². The zero-order chi connectivity index (χ0) is 15.1. The molecule has 2 aromatic rings. The quantitative estimate of drug-likeness (QED) is 0.866. The number of aryl methyl sites for hydroxylation is 1. The Labute approximate surface area is 127 Å². The van der Waals surface area contributed by atoms with Crippen molar-refractivity contribution in [2.75, 3.05) is 6.54 Å². The Bertz CT molecular complexity index is 700. The Balaban J connectivity index is 2.16. The summed E-state index contributed by atoms with van der Waals surface area (Å²) in [6.45, 7) is 4.14. The van der Waals surface area contributed by atoms with E-state index in [-0.39, 0.29) is 23.1 Å². The standard InChI is InChI=1S/C15H17ClFN3O/c1-8-5-13-12(6-11(8)17)19-15(9(2)16)20(13)10-3-4-14(21)18-7-10/h5-6,9-10H,3-4,7H2,1-2H3,(H,18,21). The van der Waals surface area contributed by atoms with Crippen LogP contribution in [0.1, 0.15) is 42.6 Å². The molecule has 1 fully saturated rings. The molecule has 1 aromatic carbocycles. The molecule has 0 saturated carbocycles. The summed E-state index contributed by atoms with van der Waals surface area (Å²) in [5, 5.41) is 2.59. The van der Waals surface area contributed by atoms with Crippen molar-refractivity contribution in [1.82, 2.24) is 14.9 Å². The topological polar surface area (TPSA) is 46.9 Å². The maximum absolute atomic E-state index is 13.7. The van der Waals surface area contributed by atoms with Crippen molar-refractivity contribution in [1.29, 1.82) is 0 Å². The molecule has 1 aromatic heterocycles. The van der Waals surface area contributed by atoms with Crippen LogP contribution < -0.4 is 5.32 Å². The number of carbonyl (C=O) groups is 1. The van der Waals surface area contributed by atoms with Crippen LogP contribution in [0.2, 0.25) is 0 Å². The molecule has 3 rings (SSSR count). The Morgan fingerprint density at radius 1 is 1.52 bits per heavy atom. The number of fused-ring (bicyclic) bond motifs is 1. The number of nitrogens with zero attached hydrogens (tertiary/aromatic N) is 2. The van der Waals surface area contributed by atoms with Gasteiger partial charge in [-0.05, 0) is 31.9 Å². The number of imidazole rings is 1. The maximum Gasteiger partial charge on any atom is 0.220 e. The van der Waals surface area contributed by atoms with Crippen molar-refractivity contribution in [2.45, 2.75) is 38.1 Å². The highest BCUT2D eigenvalue weighted by atomic mass is 35.5. The van der Waals surface area contributed by atoms with Crippen molar-refractivity contribution in [2.24, 2.45) is 0 Å². The molecule has 0 radical (unpaired) electrons. The van der Waals surface area contributed by atoms with Gasteiger partial charge in [0.05, 0.1) is 22.5 Å². The van der Waals surface area contributed by atoms with Gasteiger partial charge in [-0.25, -0.2) is 9.37 Å². The average molecular weight is 310 g/mol. The summed E-state index contributed by atoms with van der Waals surface area (Å²) >= 11 is 6.24. The molecule has 21 heavy (non-hydrogen) atoms. The van der Waals surface area contributed by atoms with Crippen molar-refractivity contribution in [3.05, 3.63) is 29.3 Å². The molecule has 2 atom stereocenters. The summed E-state index contributed by atoms with van der Waals surface area (Å²) in [5.41, 5.74) is 2.06. The fraction of sp³-hybridized carbons (Fsp3) is 0.467. The molecule has 0 spiro atoms. The lowest BCUT2D eigenvalue weighted by Gasteiger charge is -2.26. The Hall–Kier alpha value is -1.62. The number of carbonyl (C=O) groups excluding carboxylic acids is 1. The summed E-state index contributed by atoms with van der Waals surface area (Å²) in [4.78, 5) is 15.8.